The number of hydrogen-bond acceptors (Lipinski definition) is 5. The molecule has 5 heteroatoms. The first kappa shape index (κ1) is 19.3. The molecule has 1 saturated carbocycles. The van der Waals surface area contributed by atoms with Crippen molar-refractivity contribution in [1.82, 2.24) is 15.4 Å². The Balaban J connectivity index is 1.38. The highest BCUT2D eigenvalue weighted by Gasteiger charge is 2.24. The van der Waals surface area contributed by atoms with Crippen molar-refractivity contribution in [3.63, 3.8) is 0 Å². The molecule has 3 rings (SSSR count). The molecule has 1 atom stereocenters. The van der Waals surface area contributed by atoms with Crippen LogP contribution in [-0.4, -0.2) is 35.9 Å². The standard InChI is InChI=1S/C21H34N4O/c1-3-4-5-6-17-7-9-18(10-8-17)15-25(2)16-20-23-21(24-26-20)19-11-13-22-14-12-19/h11-14,17-18,21,24H,3-10,15-16H2,1-2H3. The van der Waals surface area contributed by atoms with E-state index in [-0.39, 0.29) is 6.17 Å². The number of unbranched alkanes of at least 4 members (excludes halogenated alkanes) is 2. The van der Waals surface area contributed by atoms with Gasteiger partial charge in [-0.25, -0.2) is 4.99 Å². The number of aliphatic imine (C=N–C) groups is 1. The first-order valence-corrected chi connectivity index (χ1v) is 10.3. The monoisotopic (exact) mass is 358 g/mol. The van der Waals surface area contributed by atoms with Crippen LogP contribution in [0.3, 0.4) is 0 Å². The summed E-state index contributed by atoms with van der Waals surface area (Å²) in [5.41, 5.74) is 4.09. The zero-order chi connectivity index (χ0) is 18.2. The zero-order valence-corrected chi connectivity index (χ0v) is 16.4. The van der Waals surface area contributed by atoms with Gasteiger partial charge in [-0.3, -0.25) is 9.88 Å². The molecule has 2 aliphatic rings. The van der Waals surface area contributed by atoms with E-state index in [1.807, 2.05) is 12.1 Å². The number of hydrogen-bond donors (Lipinski definition) is 1. The number of aromatic nitrogens is 1. The van der Waals surface area contributed by atoms with Crippen molar-refractivity contribution in [3.8, 4) is 0 Å². The molecule has 5 nitrogen and oxygen atoms in total. The molecule has 26 heavy (non-hydrogen) atoms. The maximum atomic E-state index is 5.59. The normalized spacial score (nSPS) is 26.0. The van der Waals surface area contributed by atoms with Crippen LogP contribution >= 0.6 is 0 Å². The van der Waals surface area contributed by atoms with E-state index in [4.69, 9.17) is 4.84 Å². The predicted molar refractivity (Wildman–Crippen MR) is 106 cm³/mol. The van der Waals surface area contributed by atoms with E-state index in [2.05, 4.69) is 34.3 Å². The van der Waals surface area contributed by atoms with Gasteiger partial charge in [0.1, 0.15) is 0 Å². The first-order chi connectivity index (χ1) is 12.7. The Hall–Kier alpha value is -1.46. The molecule has 0 amide bonds. The second-order valence-electron chi connectivity index (χ2n) is 8.01. The van der Waals surface area contributed by atoms with Gasteiger partial charge in [0.15, 0.2) is 6.17 Å². The molecule has 0 spiro atoms. The summed E-state index contributed by atoms with van der Waals surface area (Å²) in [4.78, 5) is 16.7. The summed E-state index contributed by atoms with van der Waals surface area (Å²) in [6.45, 7) is 4.20. The number of rotatable bonds is 9. The van der Waals surface area contributed by atoms with E-state index in [1.54, 1.807) is 12.4 Å². The quantitative estimate of drug-likeness (QED) is 0.668. The Labute approximate surface area is 158 Å². The Bertz CT molecular complexity index is 554. The number of nitrogens with one attached hydrogen (secondary N) is 1. The van der Waals surface area contributed by atoms with Gasteiger partial charge in [0.2, 0.25) is 5.90 Å². The Kier molecular flexibility index (Phi) is 7.44. The minimum absolute atomic E-state index is 0.111. The van der Waals surface area contributed by atoms with Crippen LogP contribution in [0, 0.1) is 11.8 Å². The van der Waals surface area contributed by atoms with Gasteiger partial charge in [0, 0.05) is 18.9 Å². The topological polar surface area (TPSA) is 49.8 Å². The van der Waals surface area contributed by atoms with Crippen LogP contribution in [0.2, 0.25) is 0 Å². The van der Waals surface area contributed by atoms with Crippen LogP contribution in [0.25, 0.3) is 0 Å². The molecule has 1 aromatic heterocycles. The number of likely N-dealkylation sites (N-methyl/N-ethyl adjacent to an activating group) is 1. The lowest BCUT2D eigenvalue weighted by atomic mass is 9.79. The van der Waals surface area contributed by atoms with Crippen molar-refractivity contribution < 1.29 is 4.84 Å². The third-order valence-electron chi connectivity index (χ3n) is 5.74. The lowest BCUT2D eigenvalue weighted by Crippen LogP contribution is -2.33. The highest BCUT2D eigenvalue weighted by atomic mass is 16.7. The van der Waals surface area contributed by atoms with Crippen molar-refractivity contribution in [2.75, 3.05) is 20.1 Å². The van der Waals surface area contributed by atoms with Crippen molar-refractivity contribution in [3.05, 3.63) is 30.1 Å². The third-order valence-corrected chi connectivity index (χ3v) is 5.74. The first-order valence-electron chi connectivity index (χ1n) is 10.3. The summed E-state index contributed by atoms with van der Waals surface area (Å²) < 4.78 is 0. The second-order valence-corrected chi connectivity index (χ2v) is 8.01. The van der Waals surface area contributed by atoms with Crippen LogP contribution in [0.15, 0.2) is 29.5 Å². The van der Waals surface area contributed by atoms with Crippen LogP contribution < -0.4 is 5.48 Å². The van der Waals surface area contributed by atoms with Gasteiger partial charge in [-0.15, -0.1) is 5.48 Å². The van der Waals surface area contributed by atoms with Gasteiger partial charge in [-0.05, 0) is 49.4 Å². The number of pyridine rings is 1. The van der Waals surface area contributed by atoms with Crippen molar-refractivity contribution in [2.24, 2.45) is 16.8 Å². The van der Waals surface area contributed by atoms with E-state index in [1.165, 1.54) is 51.4 Å². The van der Waals surface area contributed by atoms with Gasteiger partial charge in [0.05, 0.1) is 6.54 Å². The summed E-state index contributed by atoms with van der Waals surface area (Å²) in [7, 11) is 2.18. The molecule has 1 aliphatic carbocycles. The Morgan fingerprint density at radius 2 is 1.85 bits per heavy atom. The minimum atomic E-state index is -0.111. The molecule has 1 N–H and O–H groups in total. The fraction of sp³-hybridized carbons (Fsp3) is 0.714. The highest BCUT2D eigenvalue weighted by Crippen LogP contribution is 2.32. The van der Waals surface area contributed by atoms with E-state index in [9.17, 15) is 0 Å². The summed E-state index contributed by atoms with van der Waals surface area (Å²) in [5, 5.41) is 0. The van der Waals surface area contributed by atoms with E-state index in [0.29, 0.717) is 0 Å². The van der Waals surface area contributed by atoms with Gasteiger partial charge in [-0.1, -0.05) is 45.4 Å². The molecule has 0 saturated heterocycles. The van der Waals surface area contributed by atoms with Crippen molar-refractivity contribution >= 4 is 5.90 Å². The summed E-state index contributed by atoms with van der Waals surface area (Å²) >= 11 is 0. The fourth-order valence-electron chi connectivity index (χ4n) is 4.20. The van der Waals surface area contributed by atoms with Gasteiger partial charge >= 0.3 is 0 Å². The maximum Gasteiger partial charge on any atom is 0.225 e. The molecule has 1 aromatic rings. The Morgan fingerprint density at radius 3 is 2.58 bits per heavy atom. The maximum absolute atomic E-state index is 5.59. The van der Waals surface area contributed by atoms with E-state index < -0.39 is 0 Å². The van der Waals surface area contributed by atoms with E-state index >= 15 is 0 Å². The smallest absolute Gasteiger partial charge is 0.225 e. The fourth-order valence-corrected chi connectivity index (χ4v) is 4.20. The van der Waals surface area contributed by atoms with Crippen LogP contribution in [-0.2, 0) is 4.84 Å². The molecular formula is C21H34N4O. The largest absolute Gasteiger partial charge is 0.390 e. The number of hydroxylamine groups is 1. The highest BCUT2D eigenvalue weighted by molar-refractivity contribution is 5.79. The van der Waals surface area contributed by atoms with Crippen LogP contribution in [0.5, 0.6) is 0 Å². The summed E-state index contributed by atoms with van der Waals surface area (Å²) in [6, 6.07) is 3.94. The van der Waals surface area contributed by atoms with Crippen molar-refractivity contribution in [2.45, 2.75) is 64.5 Å². The van der Waals surface area contributed by atoms with Crippen LogP contribution in [0.4, 0.5) is 0 Å². The lowest BCUT2D eigenvalue weighted by molar-refractivity contribution is 0.162. The lowest BCUT2D eigenvalue weighted by Gasteiger charge is -2.31. The molecule has 1 aliphatic heterocycles. The summed E-state index contributed by atoms with van der Waals surface area (Å²) in [5.74, 6) is 2.59. The average molecular weight is 359 g/mol. The van der Waals surface area contributed by atoms with Gasteiger partial charge < -0.3 is 4.84 Å². The molecule has 1 unspecified atom stereocenters. The van der Waals surface area contributed by atoms with Crippen molar-refractivity contribution in [1.29, 1.82) is 0 Å². The molecule has 2 heterocycles. The second kappa shape index (κ2) is 10.0. The SMILES string of the molecule is CCCCCC1CCC(CN(C)CC2=NC(c3ccncc3)NO2)CC1. The van der Waals surface area contributed by atoms with Gasteiger partial charge in [-0.2, -0.15) is 0 Å². The predicted octanol–water partition coefficient (Wildman–Crippen LogP) is 4.33. The molecule has 0 aromatic carbocycles. The molecule has 144 valence electrons. The average Bonchev–Trinajstić information content (AvgIpc) is 3.12. The minimum Gasteiger partial charge on any atom is -0.390 e. The third kappa shape index (κ3) is 5.78. The molecule has 1 fully saturated rings. The van der Waals surface area contributed by atoms with E-state index in [0.717, 1.165) is 36.4 Å². The van der Waals surface area contributed by atoms with Gasteiger partial charge in [0.25, 0.3) is 0 Å². The number of nitrogens with zero attached hydrogens (tertiary/aromatic N) is 3. The molecular weight excluding hydrogens is 324 g/mol. The van der Waals surface area contributed by atoms with Crippen LogP contribution in [0.1, 0.15) is 70.0 Å². The molecule has 0 bridgehead atoms. The summed E-state index contributed by atoms with van der Waals surface area (Å²) in [6.07, 6.45) is 14.7. The zero-order valence-electron chi connectivity index (χ0n) is 16.4. The molecule has 0 radical (unpaired) electrons. The Morgan fingerprint density at radius 1 is 1.12 bits per heavy atom.